The van der Waals surface area contributed by atoms with Gasteiger partial charge in [0, 0.05) is 58.6 Å². The summed E-state index contributed by atoms with van der Waals surface area (Å²) in [5, 5.41) is 5.97. The van der Waals surface area contributed by atoms with Gasteiger partial charge in [-0.25, -0.2) is 15.0 Å². The molecular weight excluding hydrogens is 711 g/mol. The van der Waals surface area contributed by atoms with E-state index in [9.17, 15) is 0 Å². The third kappa shape index (κ3) is 5.95. The van der Waals surface area contributed by atoms with Gasteiger partial charge in [-0.2, -0.15) is 0 Å². The van der Waals surface area contributed by atoms with Crippen LogP contribution in [0.4, 0.5) is 0 Å². The maximum atomic E-state index is 5.29. The molecule has 11 aromatic rings. The number of nitrogens with zero attached hydrogens (tertiary/aromatic N) is 3. The van der Waals surface area contributed by atoms with Crippen molar-refractivity contribution < 1.29 is 0 Å². The van der Waals surface area contributed by atoms with E-state index in [0.29, 0.717) is 5.82 Å². The zero-order chi connectivity index (χ0) is 37.7. The Kier molecular flexibility index (Phi) is 8.01. The fourth-order valence-corrected chi connectivity index (χ4v) is 9.16. The fraction of sp³-hybridized carbons (Fsp3) is 0. The van der Waals surface area contributed by atoms with Gasteiger partial charge in [0.2, 0.25) is 0 Å². The van der Waals surface area contributed by atoms with Crippen molar-refractivity contribution in [2.45, 2.75) is 0 Å². The molecule has 0 fully saturated rings. The summed E-state index contributed by atoms with van der Waals surface area (Å²) in [5.41, 5.74) is 12.6. The fourth-order valence-electron chi connectivity index (χ4n) is 8.06. The van der Waals surface area contributed by atoms with Crippen molar-refractivity contribution >= 4 is 53.2 Å². The zero-order valence-corrected chi connectivity index (χ0v) is 31.6. The zero-order valence-electron chi connectivity index (χ0n) is 30.8. The second kappa shape index (κ2) is 13.8. The molecule has 0 aliphatic heterocycles. The molecule has 0 N–H and O–H groups in total. The van der Waals surface area contributed by atoms with Crippen molar-refractivity contribution in [3.8, 4) is 67.4 Å². The summed E-state index contributed by atoms with van der Waals surface area (Å²) in [7, 11) is 0. The number of hydrogen-bond donors (Lipinski definition) is 0. The molecule has 0 atom stereocenters. The number of hydrogen-bond acceptors (Lipinski definition) is 4. The first-order valence-corrected chi connectivity index (χ1v) is 20.0. The van der Waals surface area contributed by atoms with Gasteiger partial charge in [-0.05, 0) is 58.7 Å². The molecule has 0 radical (unpaired) electrons. The molecule has 0 saturated heterocycles. The summed E-state index contributed by atoms with van der Waals surface area (Å²) in [6.45, 7) is 0. The van der Waals surface area contributed by atoms with E-state index in [1.807, 2.05) is 23.5 Å². The molecule has 0 unspecified atom stereocenters. The van der Waals surface area contributed by atoms with Crippen molar-refractivity contribution in [3.63, 3.8) is 0 Å². The first-order chi connectivity index (χ1) is 28.2. The van der Waals surface area contributed by atoms with Crippen LogP contribution in [-0.2, 0) is 0 Å². The summed E-state index contributed by atoms with van der Waals surface area (Å²) < 4.78 is 2.48. The quantitative estimate of drug-likeness (QED) is 0.159. The Morgan fingerprint density at radius 2 is 0.789 bits per heavy atom. The third-order valence-corrected chi connectivity index (χ3v) is 12.0. The second-order valence-corrected chi connectivity index (χ2v) is 15.5. The highest BCUT2D eigenvalue weighted by Gasteiger charge is 2.18. The number of para-hydroxylation sites is 1. The Hall–Kier alpha value is -7.27. The van der Waals surface area contributed by atoms with Crippen LogP contribution in [0.2, 0.25) is 0 Å². The lowest BCUT2D eigenvalue weighted by molar-refractivity contribution is 1.18. The van der Waals surface area contributed by atoms with Gasteiger partial charge in [0.15, 0.2) is 5.82 Å². The van der Waals surface area contributed by atoms with E-state index in [2.05, 4.69) is 188 Å². The molecule has 4 heteroatoms. The molecule has 0 bridgehead atoms. The van der Waals surface area contributed by atoms with Crippen LogP contribution in [0.15, 0.2) is 200 Å². The summed E-state index contributed by atoms with van der Waals surface area (Å²) in [5.74, 6) is 0.694. The van der Waals surface area contributed by atoms with Crippen LogP contribution in [0.5, 0.6) is 0 Å². The van der Waals surface area contributed by atoms with E-state index in [-0.39, 0.29) is 0 Å². The Morgan fingerprint density at radius 1 is 0.298 bits per heavy atom. The van der Waals surface area contributed by atoms with Crippen LogP contribution in [-0.4, -0.2) is 15.0 Å². The molecule has 266 valence electrons. The lowest BCUT2D eigenvalue weighted by Gasteiger charge is -2.12. The molecule has 0 spiro atoms. The first kappa shape index (κ1) is 33.1. The summed E-state index contributed by atoms with van der Waals surface area (Å²) in [6, 6.07) is 70.8. The average Bonchev–Trinajstić information content (AvgIpc) is 3.68. The molecule has 0 aliphatic rings. The lowest BCUT2D eigenvalue weighted by Crippen LogP contribution is -1.96. The van der Waals surface area contributed by atoms with Gasteiger partial charge in [-0.1, -0.05) is 164 Å². The van der Waals surface area contributed by atoms with Gasteiger partial charge in [0.1, 0.15) is 0 Å². The maximum Gasteiger partial charge on any atom is 0.160 e. The predicted molar refractivity (Wildman–Crippen MR) is 240 cm³/mol. The van der Waals surface area contributed by atoms with E-state index >= 15 is 0 Å². The number of pyridine rings is 1. The predicted octanol–water partition coefficient (Wildman–Crippen LogP) is 14.5. The lowest BCUT2D eigenvalue weighted by atomic mass is 9.96. The molecule has 0 saturated carbocycles. The van der Waals surface area contributed by atoms with Gasteiger partial charge < -0.3 is 0 Å². The minimum absolute atomic E-state index is 0.694. The van der Waals surface area contributed by atoms with E-state index in [0.717, 1.165) is 55.6 Å². The maximum absolute atomic E-state index is 5.29. The Labute approximate surface area is 334 Å². The molecule has 8 aromatic carbocycles. The Morgan fingerprint density at radius 3 is 1.40 bits per heavy atom. The first-order valence-electron chi connectivity index (χ1n) is 19.2. The van der Waals surface area contributed by atoms with Crippen LogP contribution in [0.1, 0.15) is 0 Å². The molecule has 0 aliphatic carbocycles. The molecule has 3 heterocycles. The van der Waals surface area contributed by atoms with Crippen molar-refractivity contribution in [1.82, 2.24) is 15.0 Å². The highest BCUT2D eigenvalue weighted by Crippen LogP contribution is 2.44. The molecule has 11 rings (SSSR count). The van der Waals surface area contributed by atoms with E-state index < -0.39 is 0 Å². The van der Waals surface area contributed by atoms with Gasteiger partial charge in [-0.3, -0.25) is 0 Å². The average molecular weight is 744 g/mol. The van der Waals surface area contributed by atoms with Crippen LogP contribution in [0, 0.1) is 0 Å². The van der Waals surface area contributed by atoms with E-state index in [1.165, 1.54) is 47.8 Å². The van der Waals surface area contributed by atoms with Gasteiger partial charge >= 0.3 is 0 Å². The van der Waals surface area contributed by atoms with Crippen LogP contribution in [0.3, 0.4) is 0 Å². The topological polar surface area (TPSA) is 38.7 Å². The van der Waals surface area contributed by atoms with E-state index in [1.54, 1.807) is 0 Å². The van der Waals surface area contributed by atoms with Crippen molar-refractivity contribution in [3.05, 3.63) is 200 Å². The van der Waals surface area contributed by atoms with Gasteiger partial charge in [-0.15, -0.1) is 11.3 Å². The van der Waals surface area contributed by atoms with Gasteiger partial charge in [0.05, 0.1) is 22.6 Å². The minimum atomic E-state index is 0.694. The smallest absolute Gasteiger partial charge is 0.160 e. The summed E-state index contributed by atoms with van der Waals surface area (Å²) >= 11 is 1.83. The van der Waals surface area contributed by atoms with Crippen molar-refractivity contribution in [2.24, 2.45) is 0 Å². The normalized spacial score (nSPS) is 11.5. The number of aromatic nitrogens is 3. The third-order valence-electron chi connectivity index (χ3n) is 10.9. The molecule has 0 amide bonds. The summed E-state index contributed by atoms with van der Waals surface area (Å²) in [4.78, 5) is 15.8. The van der Waals surface area contributed by atoms with Crippen molar-refractivity contribution in [2.75, 3.05) is 0 Å². The SMILES string of the molecule is c1ccc(-c2ccc(-c3cc(-c4ccc(-c5ccccc5)cc4)nc(-c4ccc5sc6ccc7c(-c8ccccc8)nc8ccccc8c7c6c5c4)n3)cc2)cc1. The standard InChI is InChI=1S/C53H33N3S/c1-4-12-34(13-5-1)36-20-24-38(25-21-36)46-33-47(39-26-22-37(23-27-39)35-14-6-2-7-15-35)56-53(55-46)41-28-30-48-44(32-41)51-49(57-48)31-29-43-50(51)42-18-10-11-19-45(42)54-52(43)40-16-8-3-9-17-40/h1-33H. The second-order valence-electron chi connectivity index (χ2n) is 14.4. The number of fused-ring (bicyclic) bond motifs is 7. The van der Waals surface area contributed by atoms with Crippen LogP contribution in [0.25, 0.3) is 109 Å². The minimum Gasteiger partial charge on any atom is -0.247 e. The molecular formula is C53H33N3S. The number of benzene rings is 8. The highest BCUT2D eigenvalue weighted by molar-refractivity contribution is 7.26. The molecule has 3 nitrogen and oxygen atoms in total. The summed E-state index contributed by atoms with van der Waals surface area (Å²) in [6.07, 6.45) is 0. The monoisotopic (exact) mass is 743 g/mol. The van der Waals surface area contributed by atoms with E-state index in [4.69, 9.17) is 15.0 Å². The largest absolute Gasteiger partial charge is 0.247 e. The number of thiophene rings is 1. The molecule has 3 aromatic heterocycles. The van der Waals surface area contributed by atoms with Crippen molar-refractivity contribution in [1.29, 1.82) is 0 Å². The van der Waals surface area contributed by atoms with Crippen LogP contribution < -0.4 is 0 Å². The Bertz CT molecular complexity index is 3150. The molecule has 57 heavy (non-hydrogen) atoms. The Balaban J connectivity index is 1.10. The number of rotatable bonds is 6. The van der Waals surface area contributed by atoms with Crippen LogP contribution >= 0.6 is 11.3 Å². The van der Waals surface area contributed by atoms with Gasteiger partial charge in [0.25, 0.3) is 0 Å². The highest BCUT2D eigenvalue weighted by atomic mass is 32.1.